The predicted octanol–water partition coefficient (Wildman–Crippen LogP) is 6.18. The van der Waals surface area contributed by atoms with Gasteiger partial charge in [-0.2, -0.15) is 4.37 Å². The molecule has 4 aromatic rings. The first-order valence-corrected chi connectivity index (χ1v) is 14.4. The highest BCUT2D eigenvalue weighted by Crippen LogP contribution is 2.36. The van der Waals surface area contributed by atoms with Gasteiger partial charge in [0.2, 0.25) is 5.88 Å². The molecular formula is C28H31ClN6O4S. The quantitative estimate of drug-likeness (QED) is 0.122. The molecule has 0 aliphatic heterocycles. The van der Waals surface area contributed by atoms with E-state index in [-0.39, 0.29) is 39.8 Å². The molecule has 1 saturated carbocycles. The second-order valence-electron chi connectivity index (χ2n) is 9.70. The number of hydrogen-bond donors (Lipinski definition) is 4. The van der Waals surface area contributed by atoms with Crippen LogP contribution in [0, 0.1) is 11.3 Å². The Hall–Kier alpha value is -3.83. The van der Waals surface area contributed by atoms with Crippen molar-refractivity contribution in [2.45, 2.75) is 46.1 Å². The summed E-state index contributed by atoms with van der Waals surface area (Å²) in [6.45, 7) is 6.76. The maximum absolute atomic E-state index is 13.5. The summed E-state index contributed by atoms with van der Waals surface area (Å²) >= 11 is 7.58. The second-order valence-corrected chi connectivity index (χ2v) is 10.9. The highest BCUT2D eigenvalue weighted by molar-refractivity contribution is 7.11. The molecule has 0 saturated heterocycles. The molecule has 12 heteroatoms. The summed E-state index contributed by atoms with van der Waals surface area (Å²) in [5, 5.41) is 26.5. The molecule has 1 atom stereocenters. The summed E-state index contributed by atoms with van der Waals surface area (Å²) in [5.41, 5.74) is 1.10. The van der Waals surface area contributed by atoms with Crippen molar-refractivity contribution in [3.8, 4) is 17.4 Å². The van der Waals surface area contributed by atoms with Crippen molar-refractivity contribution in [3.05, 3.63) is 52.8 Å². The van der Waals surface area contributed by atoms with Gasteiger partial charge in [-0.3, -0.25) is 14.8 Å². The number of nitrogens with zero attached hydrogens (tertiary/aromatic N) is 3. The maximum atomic E-state index is 13.5. The molecule has 5 rings (SSSR count). The van der Waals surface area contributed by atoms with Crippen LogP contribution in [-0.2, 0) is 0 Å². The van der Waals surface area contributed by atoms with Crippen molar-refractivity contribution < 1.29 is 19.4 Å². The minimum Gasteiger partial charge on any atom is -0.494 e. The zero-order chi connectivity index (χ0) is 28.4. The lowest BCUT2D eigenvalue weighted by atomic mass is 10.1. The largest absolute Gasteiger partial charge is 0.494 e. The average Bonchev–Trinajstić information content (AvgIpc) is 3.49. The van der Waals surface area contributed by atoms with Gasteiger partial charge >= 0.3 is 0 Å². The summed E-state index contributed by atoms with van der Waals surface area (Å²) in [7, 11) is 0. The SMILES string of the molecule is CCOc1cc(OCC)c2ccn(C(=O)c3cnc(Nc4snc(O)c4C(=N)NC(C)CC4CC4)cc3Cl)c2c1. The molecule has 0 radical (unpaired) electrons. The van der Waals surface area contributed by atoms with Crippen molar-refractivity contribution in [2.75, 3.05) is 18.5 Å². The molecular weight excluding hydrogens is 552 g/mol. The van der Waals surface area contributed by atoms with Gasteiger partial charge in [0, 0.05) is 42.0 Å². The number of halogens is 1. The van der Waals surface area contributed by atoms with E-state index in [0.717, 1.165) is 23.3 Å². The number of fused-ring (bicyclic) bond motifs is 1. The van der Waals surface area contributed by atoms with Gasteiger partial charge in [-0.05, 0) is 50.7 Å². The van der Waals surface area contributed by atoms with Gasteiger partial charge in [-0.15, -0.1) is 0 Å². The molecule has 1 aliphatic carbocycles. The minimum atomic E-state index is -0.359. The number of carbonyl (C=O) groups is 1. The van der Waals surface area contributed by atoms with Crippen molar-refractivity contribution >= 4 is 56.6 Å². The molecule has 0 bridgehead atoms. The van der Waals surface area contributed by atoms with E-state index in [1.165, 1.54) is 29.7 Å². The first kappa shape index (κ1) is 27.7. The normalized spacial score (nSPS) is 13.7. The van der Waals surface area contributed by atoms with E-state index in [0.29, 0.717) is 47.0 Å². The molecule has 1 aliphatic rings. The number of rotatable bonds is 11. The van der Waals surface area contributed by atoms with Crippen LogP contribution in [0.4, 0.5) is 10.8 Å². The van der Waals surface area contributed by atoms with Crippen molar-refractivity contribution in [3.63, 3.8) is 0 Å². The topological polar surface area (TPSA) is 134 Å². The van der Waals surface area contributed by atoms with Gasteiger partial charge in [0.15, 0.2) is 0 Å². The summed E-state index contributed by atoms with van der Waals surface area (Å²) in [6.07, 6.45) is 6.50. The lowest BCUT2D eigenvalue weighted by Gasteiger charge is -2.16. The summed E-state index contributed by atoms with van der Waals surface area (Å²) in [5.74, 6) is 1.76. The number of hydrogen-bond acceptors (Lipinski definition) is 9. The molecule has 1 unspecified atom stereocenters. The minimum absolute atomic E-state index is 0.0807. The van der Waals surface area contributed by atoms with Gasteiger partial charge in [0.1, 0.15) is 33.7 Å². The predicted molar refractivity (Wildman–Crippen MR) is 157 cm³/mol. The van der Waals surface area contributed by atoms with Gasteiger partial charge in [0.05, 0.1) is 29.3 Å². The fourth-order valence-corrected chi connectivity index (χ4v) is 5.55. The third-order valence-corrected chi connectivity index (χ3v) is 7.66. The van der Waals surface area contributed by atoms with Crippen LogP contribution in [0.3, 0.4) is 0 Å². The second kappa shape index (κ2) is 11.7. The molecule has 0 amide bonds. The van der Waals surface area contributed by atoms with Gasteiger partial charge in [-0.1, -0.05) is 24.4 Å². The molecule has 3 heterocycles. The van der Waals surface area contributed by atoms with Gasteiger partial charge in [0.25, 0.3) is 5.91 Å². The van der Waals surface area contributed by atoms with Crippen LogP contribution >= 0.6 is 23.1 Å². The van der Waals surface area contributed by atoms with Crippen molar-refractivity contribution in [1.29, 1.82) is 5.41 Å². The van der Waals surface area contributed by atoms with Crippen LogP contribution in [0.2, 0.25) is 5.02 Å². The van der Waals surface area contributed by atoms with E-state index in [9.17, 15) is 9.90 Å². The third-order valence-electron chi connectivity index (χ3n) is 6.60. The van der Waals surface area contributed by atoms with E-state index in [1.54, 1.807) is 12.3 Å². The molecule has 1 fully saturated rings. The summed E-state index contributed by atoms with van der Waals surface area (Å²) in [6, 6.07) is 7.06. The number of aromatic hydroxyl groups is 1. The maximum Gasteiger partial charge on any atom is 0.265 e. The highest BCUT2D eigenvalue weighted by atomic mass is 35.5. The number of anilines is 2. The molecule has 0 spiro atoms. The van der Waals surface area contributed by atoms with E-state index >= 15 is 0 Å². The molecule has 3 aromatic heterocycles. The number of amidine groups is 1. The lowest BCUT2D eigenvalue weighted by molar-refractivity contribution is 0.0965. The lowest BCUT2D eigenvalue weighted by Crippen LogP contribution is -2.33. The van der Waals surface area contributed by atoms with Crippen LogP contribution in [0.5, 0.6) is 17.4 Å². The van der Waals surface area contributed by atoms with Crippen LogP contribution in [0.1, 0.15) is 56.0 Å². The highest BCUT2D eigenvalue weighted by Gasteiger charge is 2.26. The van der Waals surface area contributed by atoms with E-state index < -0.39 is 0 Å². The fraction of sp³-hybridized carbons (Fsp3) is 0.357. The Bertz CT molecular complexity index is 1560. The monoisotopic (exact) mass is 582 g/mol. The fourth-order valence-electron chi connectivity index (χ4n) is 4.61. The Kier molecular flexibility index (Phi) is 8.13. The van der Waals surface area contributed by atoms with Gasteiger partial charge < -0.3 is 25.2 Å². The Morgan fingerprint density at radius 2 is 2.05 bits per heavy atom. The number of carbonyl (C=O) groups excluding carboxylic acids is 1. The zero-order valence-corrected chi connectivity index (χ0v) is 24.0. The van der Waals surface area contributed by atoms with E-state index in [2.05, 4.69) is 20.0 Å². The summed E-state index contributed by atoms with van der Waals surface area (Å²) in [4.78, 5) is 17.9. The first-order chi connectivity index (χ1) is 19.3. The Balaban J connectivity index is 1.37. The smallest absolute Gasteiger partial charge is 0.265 e. The molecule has 210 valence electrons. The number of pyridine rings is 1. The molecule has 10 nitrogen and oxygen atoms in total. The van der Waals surface area contributed by atoms with Crippen molar-refractivity contribution in [1.82, 2.24) is 19.2 Å². The number of aromatic nitrogens is 3. The van der Waals surface area contributed by atoms with E-state index in [1.807, 2.05) is 32.9 Å². The molecule has 40 heavy (non-hydrogen) atoms. The number of nitrogens with one attached hydrogen (secondary N) is 3. The molecule has 1 aromatic carbocycles. The summed E-state index contributed by atoms with van der Waals surface area (Å²) < 4.78 is 17.0. The molecule has 4 N–H and O–H groups in total. The Labute approximate surface area is 241 Å². The average molecular weight is 583 g/mol. The van der Waals surface area contributed by atoms with Crippen molar-refractivity contribution in [2.24, 2.45) is 5.92 Å². The zero-order valence-electron chi connectivity index (χ0n) is 22.5. The first-order valence-electron chi connectivity index (χ1n) is 13.2. The van der Waals surface area contributed by atoms with Crippen LogP contribution in [-0.4, -0.2) is 50.0 Å². The third kappa shape index (κ3) is 5.85. The number of ether oxygens (including phenoxy) is 2. The van der Waals surface area contributed by atoms with Crippen LogP contribution < -0.4 is 20.1 Å². The Morgan fingerprint density at radius 1 is 1.27 bits per heavy atom. The van der Waals surface area contributed by atoms with Crippen LogP contribution in [0.15, 0.2) is 36.7 Å². The van der Waals surface area contributed by atoms with Crippen LogP contribution in [0.25, 0.3) is 10.9 Å². The standard InChI is InChI=1S/C28H31ClN6O4S/c1-4-38-17-11-21-18(22(12-17)39-5-2)8-9-35(21)28(37)19-14-31-23(13-20(19)29)33-27-24(26(36)34-40-27)25(30)32-15(3)10-16-6-7-16/h8-9,11-16H,4-7,10H2,1-3H3,(H2,30,32)(H,31,33)(H,34,36). The van der Waals surface area contributed by atoms with Gasteiger partial charge in [-0.25, -0.2) is 4.98 Å². The Morgan fingerprint density at radius 3 is 2.75 bits per heavy atom. The number of benzene rings is 1. The van der Waals surface area contributed by atoms with E-state index in [4.69, 9.17) is 26.5 Å².